The third-order valence-corrected chi connectivity index (χ3v) is 3.87. The number of hydrogen-bond donors (Lipinski definition) is 1. The minimum Gasteiger partial charge on any atom is -0.340 e. The van der Waals surface area contributed by atoms with Crippen LogP contribution in [0.15, 0.2) is 54.7 Å². The summed E-state index contributed by atoms with van der Waals surface area (Å²) < 4.78 is 13.0. The second-order valence-electron chi connectivity index (χ2n) is 5.56. The van der Waals surface area contributed by atoms with Crippen molar-refractivity contribution in [3.05, 3.63) is 72.1 Å². The van der Waals surface area contributed by atoms with Crippen LogP contribution in [0.25, 0.3) is 16.7 Å². The molecule has 0 aliphatic carbocycles. The van der Waals surface area contributed by atoms with E-state index in [-0.39, 0.29) is 17.3 Å². The van der Waals surface area contributed by atoms with Crippen LogP contribution < -0.4 is 0 Å². The number of nitriles is 1. The molecule has 126 valence electrons. The maximum absolute atomic E-state index is 13.0. The maximum atomic E-state index is 13.0. The molecule has 0 aliphatic heterocycles. The number of Topliss-reactive ketones (excluding diaryl/α,β-unsaturated/α-hetero) is 1. The Morgan fingerprint density at radius 1 is 1.19 bits per heavy atom. The number of benzene rings is 2. The first-order valence-electron chi connectivity index (χ1n) is 7.72. The van der Waals surface area contributed by atoms with Gasteiger partial charge in [-0.1, -0.05) is 12.1 Å². The standard InChI is InChI=1S/C18H11FN6O/c19-11-5-7-12(8-6-11)25-21-10-16(24-25)17(26)13(9-20)18-22-14-3-1-2-4-15(14)23-18/h1-8,10,13H,(H,22,23)/t13-/m1/s1. The van der Waals surface area contributed by atoms with Crippen molar-refractivity contribution in [3.63, 3.8) is 0 Å². The van der Waals surface area contributed by atoms with Crippen LogP contribution in [-0.2, 0) is 0 Å². The first-order valence-corrected chi connectivity index (χ1v) is 7.72. The molecule has 8 heteroatoms. The number of fused-ring (bicyclic) bond motifs is 1. The van der Waals surface area contributed by atoms with E-state index in [0.717, 1.165) is 5.52 Å². The van der Waals surface area contributed by atoms with Crippen molar-refractivity contribution < 1.29 is 9.18 Å². The summed E-state index contributed by atoms with van der Waals surface area (Å²) in [5, 5.41) is 17.6. The van der Waals surface area contributed by atoms with Crippen molar-refractivity contribution in [1.29, 1.82) is 5.26 Å². The Morgan fingerprint density at radius 2 is 1.96 bits per heavy atom. The molecule has 2 aromatic carbocycles. The molecule has 0 spiro atoms. The zero-order valence-corrected chi connectivity index (χ0v) is 13.3. The highest BCUT2D eigenvalue weighted by Gasteiger charge is 2.27. The molecule has 1 N–H and O–H groups in total. The van der Waals surface area contributed by atoms with Gasteiger partial charge in [-0.2, -0.15) is 15.2 Å². The summed E-state index contributed by atoms with van der Waals surface area (Å²) in [5.74, 6) is -1.76. The Balaban J connectivity index is 1.65. The van der Waals surface area contributed by atoms with Crippen LogP contribution in [0.3, 0.4) is 0 Å². The summed E-state index contributed by atoms with van der Waals surface area (Å²) >= 11 is 0. The molecule has 2 heterocycles. The van der Waals surface area contributed by atoms with Gasteiger partial charge in [0.15, 0.2) is 11.6 Å². The molecule has 1 atom stereocenters. The minimum atomic E-state index is -1.12. The highest BCUT2D eigenvalue weighted by atomic mass is 19.1. The molecule has 0 saturated heterocycles. The van der Waals surface area contributed by atoms with Crippen molar-refractivity contribution in [2.75, 3.05) is 0 Å². The molecule has 0 unspecified atom stereocenters. The number of aromatic nitrogens is 5. The SMILES string of the molecule is N#C[C@H](C(=O)c1cnn(-c2ccc(F)cc2)n1)c1nc2ccccc2[nH]1. The summed E-state index contributed by atoms with van der Waals surface area (Å²) in [6.07, 6.45) is 1.28. The van der Waals surface area contributed by atoms with E-state index >= 15 is 0 Å². The number of halogens is 1. The van der Waals surface area contributed by atoms with E-state index in [0.29, 0.717) is 11.2 Å². The summed E-state index contributed by atoms with van der Waals surface area (Å²) in [6.45, 7) is 0. The number of nitrogens with zero attached hydrogens (tertiary/aromatic N) is 5. The van der Waals surface area contributed by atoms with Crippen LogP contribution >= 0.6 is 0 Å². The summed E-state index contributed by atoms with van der Waals surface area (Å²) in [4.78, 5) is 21.2. The predicted octanol–water partition coefficient (Wildman–Crippen LogP) is 2.77. The Bertz CT molecular complexity index is 1110. The maximum Gasteiger partial charge on any atom is 0.209 e. The van der Waals surface area contributed by atoms with E-state index < -0.39 is 11.7 Å². The number of ketones is 1. The fraction of sp³-hybridized carbons (Fsp3) is 0.0556. The van der Waals surface area contributed by atoms with Gasteiger partial charge in [0.2, 0.25) is 5.78 Å². The molecule has 4 rings (SSSR count). The van der Waals surface area contributed by atoms with Crippen LogP contribution in [-0.4, -0.2) is 30.7 Å². The highest BCUT2D eigenvalue weighted by molar-refractivity contribution is 6.00. The van der Waals surface area contributed by atoms with Crippen LogP contribution in [0.5, 0.6) is 0 Å². The van der Waals surface area contributed by atoms with Crippen molar-refractivity contribution in [2.24, 2.45) is 0 Å². The molecule has 0 radical (unpaired) electrons. The lowest BCUT2D eigenvalue weighted by Gasteiger charge is -2.02. The van der Waals surface area contributed by atoms with E-state index in [4.69, 9.17) is 0 Å². The molecular formula is C18H11FN6O. The third-order valence-electron chi connectivity index (χ3n) is 3.87. The normalized spacial score (nSPS) is 12.0. The smallest absolute Gasteiger partial charge is 0.209 e. The number of H-pyrrole nitrogens is 1. The Morgan fingerprint density at radius 3 is 2.69 bits per heavy atom. The van der Waals surface area contributed by atoms with Gasteiger partial charge in [0.25, 0.3) is 0 Å². The van der Waals surface area contributed by atoms with Crippen molar-refractivity contribution in [1.82, 2.24) is 25.0 Å². The average Bonchev–Trinajstić information content (AvgIpc) is 3.30. The summed E-state index contributed by atoms with van der Waals surface area (Å²) in [7, 11) is 0. The first kappa shape index (κ1) is 15.7. The summed E-state index contributed by atoms with van der Waals surface area (Å²) in [6, 6.07) is 14.8. The Labute approximate surface area is 146 Å². The van der Waals surface area contributed by atoms with E-state index in [9.17, 15) is 14.4 Å². The van der Waals surface area contributed by atoms with E-state index in [2.05, 4.69) is 20.2 Å². The van der Waals surface area contributed by atoms with E-state index in [1.165, 1.54) is 35.3 Å². The minimum absolute atomic E-state index is 0.0290. The van der Waals surface area contributed by atoms with Gasteiger partial charge in [-0.05, 0) is 36.4 Å². The molecule has 0 bridgehead atoms. The predicted molar refractivity (Wildman–Crippen MR) is 90.1 cm³/mol. The monoisotopic (exact) mass is 346 g/mol. The quantitative estimate of drug-likeness (QED) is 0.573. The molecular weight excluding hydrogens is 335 g/mol. The van der Waals surface area contributed by atoms with Crippen molar-refractivity contribution in [2.45, 2.75) is 5.92 Å². The molecule has 0 saturated carbocycles. The van der Waals surface area contributed by atoms with E-state index in [1.54, 1.807) is 6.07 Å². The van der Waals surface area contributed by atoms with Gasteiger partial charge in [-0.3, -0.25) is 4.79 Å². The second kappa shape index (κ2) is 6.22. The highest BCUT2D eigenvalue weighted by Crippen LogP contribution is 2.20. The Kier molecular flexibility index (Phi) is 3.74. The van der Waals surface area contributed by atoms with Crippen molar-refractivity contribution in [3.8, 4) is 11.8 Å². The number of nitrogens with one attached hydrogen (secondary N) is 1. The molecule has 0 aliphatic rings. The summed E-state index contributed by atoms with van der Waals surface area (Å²) in [5.41, 5.74) is 1.94. The molecule has 26 heavy (non-hydrogen) atoms. The number of imidazole rings is 1. The van der Waals surface area contributed by atoms with Crippen LogP contribution in [0, 0.1) is 17.1 Å². The fourth-order valence-electron chi connectivity index (χ4n) is 2.58. The van der Waals surface area contributed by atoms with Crippen molar-refractivity contribution >= 4 is 16.8 Å². The topological polar surface area (TPSA) is 100 Å². The van der Waals surface area contributed by atoms with Crippen LogP contribution in [0.4, 0.5) is 4.39 Å². The lowest BCUT2D eigenvalue weighted by Crippen LogP contribution is -2.14. The van der Waals surface area contributed by atoms with Crippen LogP contribution in [0.1, 0.15) is 22.2 Å². The molecule has 7 nitrogen and oxygen atoms in total. The molecule has 2 aromatic heterocycles. The number of aromatic amines is 1. The number of para-hydroxylation sites is 2. The second-order valence-corrected chi connectivity index (χ2v) is 5.56. The lowest BCUT2D eigenvalue weighted by atomic mass is 10.0. The van der Waals surface area contributed by atoms with Gasteiger partial charge < -0.3 is 4.98 Å². The van der Waals surface area contributed by atoms with Gasteiger partial charge in [0, 0.05) is 0 Å². The number of rotatable bonds is 4. The van der Waals surface area contributed by atoms with Gasteiger partial charge in [0.05, 0.1) is 29.0 Å². The fourth-order valence-corrected chi connectivity index (χ4v) is 2.58. The number of carbonyl (C=O) groups excluding carboxylic acids is 1. The zero-order chi connectivity index (χ0) is 18.1. The van der Waals surface area contributed by atoms with Gasteiger partial charge in [-0.25, -0.2) is 9.37 Å². The Hall–Kier alpha value is -3.86. The van der Waals surface area contributed by atoms with Gasteiger partial charge >= 0.3 is 0 Å². The molecule has 0 amide bonds. The lowest BCUT2D eigenvalue weighted by molar-refractivity contribution is 0.0971. The molecule has 0 fully saturated rings. The average molecular weight is 346 g/mol. The number of hydrogen-bond acceptors (Lipinski definition) is 5. The number of carbonyl (C=O) groups is 1. The molecule has 4 aromatic rings. The van der Waals surface area contributed by atoms with Gasteiger partial charge in [0.1, 0.15) is 11.6 Å². The largest absolute Gasteiger partial charge is 0.340 e. The van der Waals surface area contributed by atoms with Crippen LogP contribution in [0.2, 0.25) is 0 Å². The zero-order valence-electron chi connectivity index (χ0n) is 13.3. The van der Waals surface area contributed by atoms with E-state index in [1.807, 2.05) is 24.3 Å². The first-order chi connectivity index (χ1) is 12.7. The van der Waals surface area contributed by atoms with Gasteiger partial charge in [-0.15, -0.1) is 5.10 Å². The third kappa shape index (κ3) is 2.71.